The summed E-state index contributed by atoms with van der Waals surface area (Å²) >= 11 is 0. The van der Waals surface area contributed by atoms with E-state index in [2.05, 4.69) is 22.1 Å². The molecular weight excluding hydrogens is 272 g/mol. The Morgan fingerprint density at radius 2 is 1.82 bits per heavy atom. The Balaban J connectivity index is 1.89. The Labute approximate surface area is 128 Å². The molecule has 3 heteroatoms. The van der Waals surface area contributed by atoms with Crippen molar-refractivity contribution in [3.05, 3.63) is 70.9 Å². The summed E-state index contributed by atoms with van der Waals surface area (Å²) in [5.41, 5.74) is 4.72. The second-order valence-electron chi connectivity index (χ2n) is 5.33. The van der Waals surface area contributed by atoms with Gasteiger partial charge in [0.15, 0.2) is 0 Å². The number of carbonyl (C=O) groups is 1. The summed E-state index contributed by atoms with van der Waals surface area (Å²) in [6, 6.07) is 15.7. The number of hydrogen-bond donors (Lipinski definition) is 2. The van der Waals surface area contributed by atoms with Crippen LogP contribution in [0.2, 0.25) is 0 Å². The van der Waals surface area contributed by atoms with E-state index in [9.17, 15) is 4.79 Å². The molecule has 2 aromatic carbocycles. The van der Waals surface area contributed by atoms with E-state index in [1.165, 1.54) is 0 Å². The fourth-order valence-corrected chi connectivity index (χ4v) is 2.92. The fraction of sp³-hybridized carbons (Fsp3) is 0.105. The summed E-state index contributed by atoms with van der Waals surface area (Å²) in [7, 11) is 0. The molecule has 22 heavy (non-hydrogen) atoms. The Hall–Kier alpha value is -2.99. The average Bonchev–Trinajstić information content (AvgIpc) is 2.82. The first-order chi connectivity index (χ1) is 10.8. The minimum Gasteiger partial charge on any atom is -0.352 e. The lowest BCUT2D eigenvalue weighted by atomic mass is 10.0. The molecule has 0 unspecified atom stereocenters. The van der Waals surface area contributed by atoms with E-state index in [-0.39, 0.29) is 5.91 Å². The van der Waals surface area contributed by atoms with Crippen molar-refractivity contribution in [2.45, 2.75) is 6.42 Å². The summed E-state index contributed by atoms with van der Waals surface area (Å²) in [6.45, 7) is 0.639. The average molecular weight is 286 g/mol. The van der Waals surface area contributed by atoms with Crippen LogP contribution in [0.1, 0.15) is 27.2 Å². The molecule has 1 aliphatic rings. The zero-order valence-corrected chi connectivity index (χ0v) is 11.9. The highest BCUT2D eigenvalue weighted by Gasteiger charge is 2.20. The normalized spacial score (nSPS) is 13.2. The number of nitrogens with one attached hydrogen (secondary N) is 2. The predicted octanol–water partition coefficient (Wildman–Crippen LogP) is 2.85. The van der Waals surface area contributed by atoms with Crippen LogP contribution in [0.15, 0.2) is 48.5 Å². The molecule has 1 amide bonds. The van der Waals surface area contributed by atoms with Gasteiger partial charge in [-0.3, -0.25) is 4.79 Å². The molecule has 0 spiro atoms. The first kappa shape index (κ1) is 12.7. The minimum atomic E-state index is -0.00841. The lowest BCUT2D eigenvalue weighted by molar-refractivity contribution is 0.0957. The van der Waals surface area contributed by atoms with Gasteiger partial charge in [0, 0.05) is 28.6 Å². The third-order valence-corrected chi connectivity index (χ3v) is 3.94. The maximum atomic E-state index is 12.1. The monoisotopic (exact) mass is 286 g/mol. The van der Waals surface area contributed by atoms with E-state index < -0.39 is 0 Å². The lowest BCUT2D eigenvalue weighted by Gasteiger charge is -2.00. The molecule has 4 rings (SSSR count). The number of amides is 1. The second kappa shape index (κ2) is 5.09. The fourth-order valence-electron chi connectivity index (χ4n) is 2.92. The second-order valence-corrected chi connectivity index (χ2v) is 5.33. The van der Waals surface area contributed by atoms with Gasteiger partial charge in [0.2, 0.25) is 0 Å². The quantitative estimate of drug-likeness (QED) is 0.613. The summed E-state index contributed by atoms with van der Waals surface area (Å²) < 4.78 is 0. The molecule has 0 radical (unpaired) electrons. The van der Waals surface area contributed by atoms with Crippen LogP contribution in [0.5, 0.6) is 0 Å². The van der Waals surface area contributed by atoms with Crippen molar-refractivity contribution in [1.29, 1.82) is 0 Å². The van der Waals surface area contributed by atoms with E-state index in [0.717, 1.165) is 39.7 Å². The molecular formula is C19H14N2O. The van der Waals surface area contributed by atoms with Crippen molar-refractivity contribution in [2.24, 2.45) is 0 Å². The van der Waals surface area contributed by atoms with Crippen LogP contribution in [0, 0.1) is 11.8 Å². The first-order valence-electron chi connectivity index (χ1n) is 7.32. The van der Waals surface area contributed by atoms with Crippen LogP contribution < -0.4 is 5.32 Å². The number of hydrogen-bond acceptors (Lipinski definition) is 1. The van der Waals surface area contributed by atoms with Crippen LogP contribution in [0.3, 0.4) is 0 Å². The molecule has 0 aliphatic carbocycles. The highest BCUT2D eigenvalue weighted by molar-refractivity contribution is 6.09. The standard InChI is InChI=1S/C19H14N2O/c22-19-15-7-4-8-17-18(15)14(11-12-20-19)16(21-17)10-9-13-5-2-1-3-6-13/h1-8,21H,11-12H2,(H,20,22). The number of rotatable bonds is 0. The van der Waals surface area contributed by atoms with Crippen molar-refractivity contribution in [2.75, 3.05) is 6.54 Å². The minimum absolute atomic E-state index is 0.00841. The number of benzene rings is 2. The van der Waals surface area contributed by atoms with Gasteiger partial charge in [-0.15, -0.1) is 0 Å². The SMILES string of the molecule is O=C1NCCc2c(C#Cc3ccccc3)[nH]c3cccc1c23. The van der Waals surface area contributed by atoms with Crippen molar-refractivity contribution in [3.8, 4) is 11.8 Å². The van der Waals surface area contributed by atoms with Crippen molar-refractivity contribution < 1.29 is 4.79 Å². The van der Waals surface area contributed by atoms with E-state index in [4.69, 9.17) is 0 Å². The highest BCUT2D eigenvalue weighted by Crippen LogP contribution is 2.27. The lowest BCUT2D eigenvalue weighted by Crippen LogP contribution is -2.23. The van der Waals surface area contributed by atoms with Gasteiger partial charge in [0.1, 0.15) is 0 Å². The van der Waals surface area contributed by atoms with Gasteiger partial charge in [0.05, 0.1) is 5.69 Å². The van der Waals surface area contributed by atoms with Crippen LogP contribution in [0.25, 0.3) is 10.9 Å². The zero-order valence-electron chi connectivity index (χ0n) is 11.9. The van der Waals surface area contributed by atoms with Crippen LogP contribution >= 0.6 is 0 Å². The van der Waals surface area contributed by atoms with Crippen LogP contribution in [-0.2, 0) is 6.42 Å². The Kier molecular flexibility index (Phi) is 2.94. The zero-order chi connectivity index (χ0) is 14.9. The van der Waals surface area contributed by atoms with Gasteiger partial charge in [0.25, 0.3) is 5.91 Å². The van der Waals surface area contributed by atoms with E-state index in [0.29, 0.717) is 6.54 Å². The van der Waals surface area contributed by atoms with Crippen LogP contribution in [-0.4, -0.2) is 17.4 Å². The van der Waals surface area contributed by atoms with Gasteiger partial charge >= 0.3 is 0 Å². The van der Waals surface area contributed by atoms with Gasteiger partial charge in [-0.1, -0.05) is 30.2 Å². The molecule has 0 saturated heterocycles. The van der Waals surface area contributed by atoms with E-state index in [1.807, 2.05) is 48.5 Å². The number of H-pyrrole nitrogens is 1. The smallest absolute Gasteiger partial charge is 0.251 e. The van der Waals surface area contributed by atoms with Gasteiger partial charge in [-0.25, -0.2) is 0 Å². The van der Waals surface area contributed by atoms with E-state index >= 15 is 0 Å². The molecule has 0 atom stereocenters. The molecule has 1 aliphatic heterocycles. The third kappa shape index (κ3) is 2.06. The van der Waals surface area contributed by atoms with Crippen molar-refractivity contribution in [3.63, 3.8) is 0 Å². The molecule has 2 N–H and O–H groups in total. The molecule has 3 aromatic rings. The van der Waals surface area contributed by atoms with Crippen molar-refractivity contribution in [1.82, 2.24) is 10.3 Å². The van der Waals surface area contributed by atoms with Gasteiger partial charge in [-0.05, 0) is 42.2 Å². The maximum Gasteiger partial charge on any atom is 0.251 e. The number of aromatic nitrogens is 1. The molecule has 3 nitrogen and oxygen atoms in total. The van der Waals surface area contributed by atoms with Gasteiger partial charge in [-0.2, -0.15) is 0 Å². The summed E-state index contributed by atoms with van der Waals surface area (Å²) in [5.74, 6) is 6.41. The number of aromatic amines is 1. The molecule has 2 heterocycles. The first-order valence-corrected chi connectivity index (χ1v) is 7.32. The Morgan fingerprint density at radius 1 is 0.955 bits per heavy atom. The summed E-state index contributed by atoms with van der Waals surface area (Å²) in [4.78, 5) is 15.5. The Bertz CT molecular complexity index is 926. The molecule has 0 bridgehead atoms. The van der Waals surface area contributed by atoms with Gasteiger partial charge < -0.3 is 10.3 Å². The molecule has 0 fully saturated rings. The van der Waals surface area contributed by atoms with Crippen molar-refractivity contribution >= 4 is 16.8 Å². The molecule has 0 saturated carbocycles. The largest absolute Gasteiger partial charge is 0.352 e. The number of carbonyl (C=O) groups excluding carboxylic acids is 1. The van der Waals surface area contributed by atoms with E-state index in [1.54, 1.807) is 0 Å². The third-order valence-electron chi connectivity index (χ3n) is 3.94. The predicted molar refractivity (Wildman–Crippen MR) is 86.8 cm³/mol. The highest BCUT2D eigenvalue weighted by atomic mass is 16.1. The molecule has 106 valence electrons. The van der Waals surface area contributed by atoms with Crippen LogP contribution in [0.4, 0.5) is 0 Å². The topological polar surface area (TPSA) is 44.9 Å². The Morgan fingerprint density at radius 3 is 2.68 bits per heavy atom. The maximum absolute atomic E-state index is 12.1. The summed E-state index contributed by atoms with van der Waals surface area (Å²) in [5, 5.41) is 3.95. The molecule has 1 aromatic heterocycles. The summed E-state index contributed by atoms with van der Waals surface area (Å²) in [6.07, 6.45) is 0.793.